The fraction of sp³-hybridized carbons (Fsp3) is 0.300. The number of carbonyl (C=O) groups is 2. The summed E-state index contributed by atoms with van der Waals surface area (Å²) >= 11 is 5.58. The number of aromatic nitrogens is 1. The number of halogens is 1. The minimum atomic E-state index is -0.789. The molecule has 1 rings (SSSR count). The van der Waals surface area contributed by atoms with E-state index in [9.17, 15) is 19.7 Å². The molecule has 2 amide bonds. The summed E-state index contributed by atoms with van der Waals surface area (Å²) in [4.78, 5) is 36.1. The van der Waals surface area contributed by atoms with Gasteiger partial charge in [0.2, 0.25) is 11.1 Å². The Labute approximate surface area is 113 Å². The summed E-state index contributed by atoms with van der Waals surface area (Å²) < 4.78 is 0. The van der Waals surface area contributed by atoms with Crippen molar-refractivity contribution in [3.8, 4) is 0 Å². The van der Waals surface area contributed by atoms with Crippen LogP contribution in [0, 0.1) is 10.1 Å². The Morgan fingerprint density at radius 2 is 2.26 bits per heavy atom. The number of nitrogens with two attached hydrogens (primary N) is 1. The van der Waals surface area contributed by atoms with Crippen LogP contribution in [0.4, 0.5) is 5.69 Å². The summed E-state index contributed by atoms with van der Waals surface area (Å²) in [5.41, 5.74) is 4.18. The molecule has 8 nitrogen and oxygen atoms in total. The van der Waals surface area contributed by atoms with E-state index in [1.54, 1.807) is 6.92 Å². The Bertz CT molecular complexity index is 534. The number of nitro groups is 1. The fourth-order valence-corrected chi connectivity index (χ4v) is 1.67. The number of nitrogens with one attached hydrogen (secondary N) is 1. The predicted octanol–water partition coefficient (Wildman–Crippen LogP) is 0.637. The van der Waals surface area contributed by atoms with Gasteiger partial charge in [-0.15, -0.1) is 0 Å². The van der Waals surface area contributed by atoms with Crippen LogP contribution in [0.2, 0.25) is 5.15 Å². The van der Waals surface area contributed by atoms with E-state index in [2.05, 4.69) is 10.3 Å². The van der Waals surface area contributed by atoms with Crippen molar-refractivity contribution in [3.63, 3.8) is 0 Å². The molecule has 0 fully saturated rings. The molecule has 3 N–H and O–H groups in total. The van der Waals surface area contributed by atoms with Crippen molar-refractivity contribution in [2.75, 3.05) is 0 Å². The highest BCUT2D eigenvalue weighted by atomic mass is 35.5. The molecule has 102 valence electrons. The topological polar surface area (TPSA) is 128 Å². The number of pyridine rings is 1. The predicted molar refractivity (Wildman–Crippen MR) is 66.6 cm³/mol. The van der Waals surface area contributed by atoms with Gasteiger partial charge in [-0.3, -0.25) is 19.7 Å². The normalized spacial score (nSPS) is 11.7. The number of nitrogens with zero attached hydrogens (tertiary/aromatic N) is 2. The average Bonchev–Trinajstić information content (AvgIpc) is 2.26. The Hall–Kier alpha value is -2.22. The van der Waals surface area contributed by atoms with E-state index in [0.29, 0.717) is 0 Å². The van der Waals surface area contributed by atoms with Crippen molar-refractivity contribution in [3.05, 3.63) is 33.1 Å². The SMILES string of the molecule is CC(CC(N)=O)NC(=O)c1ccnc(Cl)c1[N+](=O)[O-]. The Kier molecular flexibility index (Phi) is 4.76. The third-order valence-corrected chi connectivity index (χ3v) is 2.47. The first-order valence-corrected chi connectivity index (χ1v) is 5.58. The summed E-state index contributed by atoms with van der Waals surface area (Å²) in [6.07, 6.45) is 1.11. The highest BCUT2D eigenvalue weighted by Gasteiger charge is 2.25. The van der Waals surface area contributed by atoms with E-state index < -0.39 is 28.5 Å². The van der Waals surface area contributed by atoms with E-state index in [0.717, 1.165) is 0 Å². The maximum Gasteiger partial charge on any atom is 0.319 e. The summed E-state index contributed by atoms with van der Waals surface area (Å²) in [5.74, 6) is -1.31. The van der Waals surface area contributed by atoms with E-state index in [1.807, 2.05) is 0 Å². The van der Waals surface area contributed by atoms with Crippen LogP contribution in [0.5, 0.6) is 0 Å². The van der Waals surface area contributed by atoms with Gasteiger partial charge in [0, 0.05) is 18.7 Å². The monoisotopic (exact) mass is 286 g/mol. The molecule has 0 saturated heterocycles. The van der Waals surface area contributed by atoms with Gasteiger partial charge in [-0.25, -0.2) is 4.98 Å². The number of carbonyl (C=O) groups excluding carboxylic acids is 2. The number of rotatable bonds is 5. The Morgan fingerprint density at radius 1 is 1.63 bits per heavy atom. The molecule has 1 aromatic heterocycles. The summed E-state index contributed by atoms with van der Waals surface area (Å²) in [7, 11) is 0. The van der Waals surface area contributed by atoms with Crippen molar-refractivity contribution in [2.24, 2.45) is 5.73 Å². The highest BCUT2D eigenvalue weighted by Crippen LogP contribution is 2.25. The lowest BCUT2D eigenvalue weighted by Crippen LogP contribution is -2.36. The molecule has 1 aromatic rings. The van der Waals surface area contributed by atoms with E-state index in [-0.39, 0.29) is 17.1 Å². The van der Waals surface area contributed by atoms with Gasteiger partial charge in [0.15, 0.2) is 0 Å². The molecule has 0 radical (unpaired) electrons. The van der Waals surface area contributed by atoms with Crippen molar-refractivity contribution in [1.29, 1.82) is 0 Å². The lowest BCUT2D eigenvalue weighted by molar-refractivity contribution is -0.385. The first-order valence-electron chi connectivity index (χ1n) is 5.21. The maximum absolute atomic E-state index is 11.9. The van der Waals surface area contributed by atoms with Crippen LogP contribution in [0.25, 0.3) is 0 Å². The second-order valence-electron chi connectivity index (χ2n) is 3.80. The summed E-state index contributed by atoms with van der Waals surface area (Å²) in [6.45, 7) is 1.55. The second kappa shape index (κ2) is 6.10. The molecule has 1 heterocycles. The fourth-order valence-electron chi connectivity index (χ4n) is 1.44. The molecule has 1 atom stereocenters. The minimum Gasteiger partial charge on any atom is -0.370 e. The van der Waals surface area contributed by atoms with Crippen molar-refractivity contribution < 1.29 is 14.5 Å². The highest BCUT2D eigenvalue weighted by molar-refractivity contribution is 6.32. The smallest absolute Gasteiger partial charge is 0.319 e. The zero-order chi connectivity index (χ0) is 14.6. The van der Waals surface area contributed by atoms with Gasteiger partial charge >= 0.3 is 5.69 Å². The van der Waals surface area contributed by atoms with Crippen molar-refractivity contribution >= 4 is 29.1 Å². The largest absolute Gasteiger partial charge is 0.370 e. The Morgan fingerprint density at radius 3 is 2.79 bits per heavy atom. The molecule has 0 aliphatic rings. The van der Waals surface area contributed by atoms with Crippen LogP contribution in [-0.2, 0) is 4.79 Å². The maximum atomic E-state index is 11.9. The molecule has 0 saturated carbocycles. The van der Waals surface area contributed by atoms with Gasteiger partial charge in [-0.1, -0.05) is 11.6 Å². The van der Waals surface area contributed by atoms with Gasteiger partial charge in [-0.05, 0) is 13.0 Å². The van der Waals surface area contributed by atoms with Gasteiger partial charge in [0.1, 0.15) is 5.56 Å². The van der Waals surface area contributed by atoms with E-state index in [4.69, 9.17) is 17.3 Å². The molecule has 0 aliphatic heterocycles. The molecule has 0 aliphatic carbocycles. The first-order chi connectivity index (χ1) is 8.82. The van der Waals surface area contributed by atoms with Crippen LogP contribution in [0.1, 0.15) is 23.7 Å². The summed E-state index contributed by atoms with van der Waals surface area (Å²) in [6, 6.07) is 0.632. The molecule has 1 unspecified atom stereocenters. The van der Waals surface area contributed by atoms with Crippen molar-refractivity contribution in [1.82, 2.24) is 10.3 Å². The lowest BCUT2D eigenvalue weighted by atomic mass is 10.1. The van der Waals surface area contributed by atoms with Gasteiger partial charge < -0.3 is 11.1 Å². The quantitative estimate of drug-likeness (QED) is 0.466. The van der Waals surface area contributed by atoms with Crippen LogP contribution in [0.15, 0.2) is 12.3 Å². The molecule has 0 spiro atoms. The van der Waals surface area contributed by atoms with Gasteiger partial charge in [0.05, 0.1) is 4.92 Å². The van der Waals surface area contributed by atoms with Crippen molar-refractivity contribution in [2.45, 2.75) is 19.4 Å². The lowest BCUT2D eigenvalue weighted by Gasteiger charge is -2.12. The molecule has 0 bridgehead atoms. The van der Waals surface area contributed by atoms with Gasteiger partial charge in [-0.2, -0.15) is 0 Å². The van der Waals surface area contributed by atoms with Crippen LogP contribution in [-0.4, -0.2) is 27.8 Å². The number of hydrogen-bond acceptors (Lipinski definition) is 5. The minimum absolute atomic E-state index is 0.0711. The number of primary amides is 1. The van der Waals surface area contributed by atoms with E-state index >= 15 is 0 Å². The molecule has 9 heteroatoms. The second-order valence-corrected chi connectivity index (χ2v) is 4.16. The number of amides is 2. The average molecular weight is 287 g/mol. The molecule has 19 heavy (non-hydrogen) atoms. The third-order valence-electron chi connectivity index (χ3n) is 2.19. The Balaban J connectivity index is 2.97. The standard InChI is InChI=1S/C10H11ClN4O4/c1-5(4-7(12)16)14-10(17)6-2-3-13-9(11)8(6)15(18)19/h2-3,5H,4H2,1H3,(H2,12,16)(H,14,17). The number of hydrogen-bond donors (Lipinski definition) is 2. The third kappa shape index (κ3) is 3.88. The molecule has 0 aromatic carbocycles. The van der Waals surface area contributed by atoms with E-state index in [1.165, 1.54) is 12.3 Å². The van der Waals surface area contributed by atoms with Crippen LogP contribution >= 0.6 is 11.6 Å². The first kappa shape index (κ1) is 14.8. The summed E-state index contributed by atoms with van der Waals surface area (Å²) in [5, 5.41) is 12.9. The van der Waals surface area contributed by atoms with Crippen LogP contribution < -0.4 is 11.1 Å². The van der Waals surface area contributed by atoms with Gasteiger partial charge in [0.25, 0.3) is 5.91 Å². The molecular formula is C10H11ClN4O4. The zero-order valence-corrected chi connectivity index (χ0v) is 10.7. The molecular weight excluding hydrogens is 276 g/mol. The van der Waals surface area contributed by atoms with Crippen LogP contribution in [0.3, 0.4) is 0 Å². The zero-order valence-electron chi connectivity index (χ0n) is 9.92.